The summed E-state index contributed by atoms with van der Waals surface area (Å²) in [5.74, 6) is 0.807. The molecule has 0 N–H and O–H groups in total. The number of halogens is 3. The van der Waals surface area contributed by atoms with Crippen LogP contribution in [0.2, 0.25) is 0 Å². The predicted molar refractivity (Wildman–Crippen MR) is 62.8 cm³/mol. The zero-order valence-corrected chi connectivity index (χ0v) is 10.2. The first-order valence-corrected chi connectivity index (χ1v) is 5.82. The SMILES string of the molecule is Cn1nc(C(F)(F)F)cc1-c1ccc2c(c1)CCO2. The van der Waals surface area contributed by atoms with E-state index in [9.17, 15) is 13.2 Å². The Kier molecular flexibility index (Phi) is 2.55. The van der Waals surface area contributed by atoms with Gasteiger partial charge in [0.2, 0.25) is 0 Å². The lowest BCUT2D eigenvalue weighted by molar-refractivity contribution is -0.141. The summed E-state index contributed by atoms with van der Waals surface area (Å²) in [6.07, 6.45) is -3.64. The van der Waals surface area contributed by atoms with E-state index in [1.807, 2.05) is 6.07 Å². The monoisotopic (exact) mass is 268 g/mol. The Morgan fingerprint density at radius 1 is 1.26 bits per heavy atom. The molecule has 3 rings (SSSR count). The topological polar surface area (TPSA) is 27.1 Å². The molecule has 1 aliphatic heterocycles. The molecule has 0 atom stereocenters. The van der Waals surface area contributed by atoms with Gasteiger partial charge in [0.05, 0.1) is 12.3 Å². The number of hydrogen-bond donors (Lipinski definition) is 0. The Morgan fingerprint density at radius 3 is 2.74 bits per heavy atom. The molecule has 2 heterocycles. The van der Waals surface area contributed by atoms with Gasteiger partial charge in [0.15, 0.2) is 5.69 Å². The van der Waals surface area contributed by atoms with E-state index >= 15 is 0 Å². The molecule has 6 heteroatoms. The first-order chi connectivity index (χ1) is 8.95. The summed E-state index contributed by atoms with van der Waals surface area (Å²) < 4.78 is 44.5. The number of hydrogen-bond acceptors (Lipinski definition) is 2. The third kappa shape index (κ3) is 2.07. The lowest BCUT2D eigenvalue weighted by Gasteiger charge is -2.04. The Labute approximate surface area is 107 Å². The van der Waals surface area contributed by atoms with Crippen LogP contribution in [-0.4, -0.2) is 16.4 Å². The molecule has 0 unspecified atom stereocenters. The molecule has 100 valence electrons. The predicted octanol–water partition coefficient (Wildman–Crippen LogP) is 3.04. The van der Waals surface area contributed by atoms with Crippen molar-refractivity contribution in [3.63, 3.8) is 0 Å². The highest BCUT2D eigenvalue weighted by atomic mass is 19.4. The quantitative estimate of drug-likeness (QED) is 0.794. The van der Waals surface area contributed by atoms with E-state index in [4.69, 9.17) is 4.74 Å². The lowest BCUT2D eigenvalue weighted by atomic mass is 10.1. The van der Waals surface area contributed by atoms with Crippen LogP contribution in [0.3, 0.4) is 0 Å². The summed E-state index contributed by atoms with van der Waals surface area (Å²) in [7, 11) is 1.51. The van der Waals surface area contributed by atoms with Crippen LogP contribution in [0.15, 0.2) is 24.3 Å². The van der Waals surface area contributed by atoms with E-state index in [1.165, 1.54) is 11.7 Å². The maximum absolute atomic E-state index is 12.6. The molecule has 1 aliphatic rings. The van der Waals surface area contributed by atoms with Crippen LogP contribution in [0.5, 0.6) is 5.75 Å². The minimum Gasteiger partial charge on any atom is -0.493 e. The second-order valence-corrected chi connectivity index (χ2v) is 4.46. The summed E-state index contributed by atoms with van der Waals surface area (Å²) in [6, 6.07) is 6.47. The van der Waals surface area contributed by atoms with Crippen LogP contribution in [-0.2, 0) is 19.6 Å². The molecule has 3 nitrogen and oxygen atoms in total. The van der Waals surface area contributed by atoms with Gasteiger partial charge in [-0.25, -0.2) is 0 Å². The maximum atomic E-state index is 12.6. The number of fused-ring (bicyclic) bond motifs is 1. The Morgan fingerprint density at radius 2 is 2.05 bits per heavy atom. The largest absolute Gasteiger partial charge is 0.493 e. The molecule has 0 saturated heterocycles. The third-order valence-electron chi connectivity index (χ3n) is 3.16. The van der Waals surface area contributed by atoms with E-state index in [0.29, 0.717) is 12.3 Å². The number of aromatic nitrogens is 2. The van der Waals surface area contributed by atoms with Gasteiger partial charge in [-0.2, -0.15) is 18.3 Å². The van der Waals surface area contributed by atoms with Crippen LogP contribution >= 0.6 is 0 Å². The van der Waals surface area contributed by atoms with Crippen molar-refractivity contribution < 1.29 is 17.9 Å². The first-order valence-electron chi connectivity index (χ1n) is 5.82. The molecule has 19 heavy (non-hydrogen) atoms. The van der Waals surface area contributed by atoms with E-state index in [2.05, 4.69) is 5.10 Å². The molecule has 1 aromatic heterocycles. The van der Waals surface area contributed by atoms with Crippen molar-refractivity contribution >= 4 is 0 Å². The number of benzene rings is 1. The van der Waals surface area contributed by atoms with Gasteiger partial charge in [0.1, 0.15) is 5.75 Å². The third-order valence-corrected chi connectivity index (χ3v) is 3.16. The molecule has 0 fully saturated rings. The molecule has 0 spiro atoms. The molecule has 1 aromatic carbocycles. The summed E-state index contributed by atoms with van der Waals surface area (Å²) >= 11 is 0. The molecule has 0 amide bonds. The van der Waals surface area contributed by atoms with E-state index in [-0.39, 0.29) is 0 Å². The number of alkyl halides is 3. The summed E-state index contributed by atoms with van der Waals surface area (Å²) in [5, 5.41) is 3.51. The smallest absolute Gasteiger partial charge is 0.435 e. The highest BCUT2D eigenvalue weighted by Gasteiger charge is 2.34. The summed E-state index contributed by atoms with van der Waals surface area (Å²) in [5.41, 5.74) is 1.31. The molecule has 2 aromatic rings. The highest BCUT2D eigenvalue weighted by Crippen LogP contribution is 2.34. The highest BCUT2D eigenvalue weighted by molar-refractivity contribution is 5.63. The van der Waals surface area contributed by atoms with Crippen LogP contribution in [0.25, 0.3) is 11.3 Å². The fourth-order valence-electron chi connectivity index (χ4n) is 2.22. The van der Waals surface area contributed by atoms with Crippen molar-refractivity contribution in [3.05, 3.63) is 35.5 Å². The van der Waals surface area contributed by atoms with Gasteiger partial charge in [-0.1, -0.05) is 0 Å². The van der Waals surface area contributed by atoms with E-state index in [0.717, 1.165) is 29.4 Å². The van der Waals surface area contributed by atoms with Crippen molar-refractivity contribution in [3.8, 4) is 17.0 Å². The van der Waals surface area contributed by atoms with Gasteiger partial charge >= 0.3 is 6.18 Å². The fourth-order valence-corrected chi connectivity index (χ4v) is 2.22. The van der Waals surface area contributed by atoms with Crippen LogP contribution in [0.1, 0.15) is 11.3 Å². The van der Waals surface area contributed by atoms with Gasteiger partial charge < -0.3 is 4.74 Å². The summed E-state index contributed by atoms with van der Waals surface area (Å²) in [4.78, 5) is 0. The average Bonchev–Trinajstić information content (AvgIpc) is 2.92. The van der Waals surface area contributed by atoms with Crippen molar-refractivity contribution in [1.29, 1.82) is 0 Å². The normalized spacial score (nSPS) is 14.3. The Hall–Kier alpha value is -1.98. The number of rotatable bonds is 1. The standard InChI is InChI=1S/C13H11F3N2O/c1-18-10(7-12(17-18)13(14,15)16)8-2-3-11-9(6-8)4-5-19-11/h2-3,6-7H,4-5H2,1H3. The van der Waals surface area contributed by atoms with Crippen molar-refractivity contribution in [2.24, 2.45) is 7.05 Å². The number of nitrogens with zero attached hydrogens (tertiary/aromatic N) is 2. The van der Waals surface area contributed by atoms with Gasteiger partial charge in [-0.15, -0.1) is 0 Å². The Balaban J connectivity index is 2.05. The molecular weight excluding hydrogens is 257 g/mol. The first kappa shape index (κ1) is 12.1. The van der Waals surface area contributed by atoms with Crippen molar-refractivity contribution in [2.75, 3.05) is 6.61 Å². The number of ether oxygens (including phenoxy) is 1. The molecular formula is C13H11F3N2O. The van der Waals surface area contributed by atoms with E-state index in [1.54, 1.807) is 12.1 Å². The summed E-state index contributed by atoms with van der Waals surface area (Å²) in [6.45, 7) is 0.623. The molecule has 0 radical (unpaired) electrons. The van der Waals surface area contributed by atoms with Gasteiger partial charge in [0, 0.05) is 19.0 Å². The Bertz CT molecular complexity index is 631. The molecule has 0 aliphatic carbocycles. The number of aryl methyl sites for hydroxylation is 1. The zero-order valence-electron chi connectivity index (χ0n) is 10.2. The van der Waals surface area contributed by atoms with Crippen molar-refractivity contribution in [2.45, 2.75) is 12.6 Å². The second-order valence-electron chi connectivity index (χ2n) is 4.46. The second kappa shape index (κ2) is 4.01. The van der Waals surface area contributed by atoms with E-state index < -0.39 is 11.9 Å². The van der Waals surface area contributed by atoms with Crippen LogP contribution in [0, 0.1) is 0 Å². The van der Waals surface area contributed by atoms with Gasteiger partial charge in [-0.05, 0) is 29.8 Å². The minimum absolute atomic E-state index is 0.446. The van der Waals surface area contributed by atoms with Gasteiger partial charge in [-0.3, -0.25) is 4.68 Å². The van der Waals surface area contributed by atoms with Crippen LogP contribution in [0.4, 0.5) is 13.2 Å². The molecule has 0 bridgehead atoms. The fraction of sp³-hybridized carbons (Fsp3) is 0.308. The average molecular weight is 268 g/mol. The zero-order chi connectivity index (χ0) is 13.6. The lowest BCUT2D eigenvalue weighted by Crippen LogP contribution is -2.06. The van der Waals surface area contributed by atoms with Gasteiger partial charge in [0.25, 0.3) is 0 Å². The van der Waals surface area contributed by atoms with Crippen molar-refractivity contribution in [1.82, 2.24) is 9.78 Å². The molecule has 0 saturated carbocycles. The minimum atomic E-state index is -4.42. The van der Waals surface area contributed by atoms with Crippen LogP contribution < -0.4 is 4.74 Å². The maximum Gasteiger partial charge on any atom is 0.435 e.